The lowest BCUT2D eigenvalue weighted by Gasteiger charge is -2.41. The lowest BCUT2D eigenvalue weighted by molar-refractivity contribution is -0.145. The molecule has 0 bridgehead atoms. The molecular formula is C16H20N2O3. The number of anilines is 1. The minimum atomic E-state index is -0.751. The number of carbonyl (C=O) groups excluding carboxylic acids is 1. The van der Waals surface area contributed by atoms with E-state index in [0.717, 1.165) is 18.7 Å². The Labute approximate surface area is 124 Å². The molecule has 5 nitrogen and oxygen atoms in total. The molecule has 1 fully saturated rings. The largest absolute Gasteiger partial charge is 0.481 e. The van der Waals surface area contributed by atoms with Crippen molar-refractivity contribution in [2.75, 3.05) is 31.1 Å². The van der Waals surface area contributed by atoms with E-state index in [1.165, 1.54) is 5.56 Å². The van der Waals surface area contributed by atoms with E-state index < -0.39 is 5.97 Å². The van der Waals surface area contributed by atoms with E-state index in [1.807, 2.05) is 28.0 Å². The van der Waals surface area contributed by atoms with Crippen LogP contribution >= 0.6 is 0 Å². The fourth-order valence-corrected chi connectivity index (χ4v) is 3.13. The van der Waals surface area contributed by atoms with Gasteiger partial charge in [0.2, 0.25) is 5.91 Å². The first-order chi connectivity index (χ1) is 10.1. The van der Waals surface area contributed by atoms with Crippen LogP contribution in [0.25, 0.3) is 0 Å². The summed E-state index contributed by atoms with van der Waals surface area (Å²) >= 11 is 0. The second-order valence-electron chi connectivity index (χ2n) is 6.01. The molecule has 2 aliphatic rings. The van der Waals surface area contributed by atoms with Crippen LogP contribution in [0.2, 0.25) is 0 Å². The van der Waals surface area contributed by atoms with Crippen LogP contribution < -0.4 is 4.90 Å². The van der Waals surface area contributed by atoms with Crippen LogP contribution in [0, 0.1) is 11.8 Å². The Morgan fingerprint density at radius 2 is 2.05 bits per heavy atom. The Balaban J connectivity index is 1.54. The number of para-hydroxylation sites is 1. The van der Waals surface area contributed by atoms with Gasteiger partial charge in [-0.3, -0.25) is 14.5 Å². The normalized spacial score (nSPS) is 20.0. The highest BCUT2D eigenvalue weighted by Crippen LogP contribution is 2.29. The molecule has 0 radical (unpaired) electrons. The number of benzene rings is 1. The predicted molar refractivity (Wildman–Crippen MR) is 79.2 cm³/mol. The molecule has 2 aliphatic heterocycles. The Morgan fingerprint density at radius 1 is 1.33 bits per heavy atom. The molecule has 1 unspecified atom stereocenters. The number of hydrogen-bond donors (Lipinski definition) is 1. The smallest absolute Gasteiger partial charge is 0.306 e. The van der Waals surface area contributed by atoms with E-state index in [-0.39, 0.29) is 17.7 Å². The molecule has 0 saturated carbocycles. The summed E-state index contributed by atoms with van der Waals surface area (Å²) in [6.45, 7) is 4.28. The number of carbonyl (C=O) groups is 2. The van der Waals surface area contributed by atoms with Crippen molar-refractivity contribution in [2.45, 2.75) is 13.3 Å². The van der Waals surface area contributed by atoms with Crippen molar-refractivity contribution >= 4 is 17.6 Å². The van der Waals surface area contributed by atoms with Gasteiger partial charge in [-0.1, -0.05) is 25.1 Å². The summed E-state index contributed by atoms with van der Waals surface area (Å²) < 4.78 is 0. The highest BCUT2D eigenvalue weighted by molar-refractivity contribution is 5.96. The number of carboxylic acids is 1. The van der Waals surface area contributed by atoms with Gasteiger partial charge in [-0.2, -0.15) is 0 Å². The highest BCUT2D eigenvalue weighted by atomic mass is 16.4. The van der Waals surface area contributed by atoms with Crippen molar-refractivity contribution in [1.82, 2.24) is 4.90 Å². The van der Waals surface area contributed by atoms with Gasteiger partial charge in [0.15, 0.2) is 0 Å². The SMILES string of the molecule is CC(C(=O)O)C1CN(CC(=O)N2CCc3ccccc32)C1. The van der Waals surface area contributed by atoms with Gasteiger partial charge in [0.1, 0.15) is 0 Å². The molecular weight excluding hydrogens is 268 g/mol. The molecule has 0 aromatic heterocycles. The first-order valence-electron chi connectivity index (χ1n) is 7.39. The molecule has 112 valence electrons. The minimum Gasteiger partial charge on any atom is -0.481 e. The summed E-state index contributed by atoms with van der Waals surface area (Å²) in [6, 6.07) is 8.02. The number of rotatable bonds is 4. The third kappa shape index (κ3) is 2.65. The van der Waals surface area contributed by atoms with Gasteiger partial charge >= 0.3 is 5.97 Å². The van der Waals surface area contributed by atoms with Crippen molar-refractivity contribution in [3.63, 3.8) is 0 Å². The van der Waals surface area contributed by atoms with Crippen LogP contribution in [0.4, 0.5) is 5.69 Å². The maximum Gasteiger partial charge on any atom is 0.306 e. The molecule has 0 aliphatic carbocycles. The Bertz CT molecular complexity index is 566. The molecule has 1 aromatic rings. The lowest BCUT2D eigenvalue weighted by Crippen LogP contribution is -2.54. The van der Waals surface area contributed by atoms with Gasteiger partial charge in [-0.25, -0.2) is 0 Å². The van der Waals surface area contributed by atoms with Crippen LogP contribution in [0.15, 0.2) is 24.3 Å². The number of amides is 1. The third-order valence-electron chi connectivity index (χ3n) is 4.63. The van der Waals surface area contributed by atoms with E-state index in [4.69, 9.17) is 5.11 Å². The monoisotopic (exact) mass is 288 g/mol. The van der Waals surface area contributed by atoms with Gasteiger partial charge in [0, 0.05) is 25.3 Å². The second-order valence-corrected chi connectivity index (χ2v) is 6.01. The van der Waals surface area contributed by atoms with E-state index >= 15 is 0 Å². The number of hydrogen-bond acceptors (Lipinski definition) is 3. The number of aliphatic carboxylic acids is 1. The first kappa shape index (κ1) is 14.1. The average Bonchev–Trinajstić information content (AvgIpc) is 2.85. The molecule has 5 heteroatoms. The lowest BCUT2D eigenvalue weighted by atomic mass is 9.87. The zero-order chi connectivity index (χ0) is 15.0. The maximum atomic E-state index is 12.4. The average molecular weight is 288 g/mol. The highest BCUT2D eigenvalue weighted by Gasteiger charge is 2.36. The predicted octanol–water partition coefficient (Wildman–Crippen LogP) is 1.23. The zero-order valence-corrected chi connectivity index (χ0v) is 12.2. The quantitative estimate of drug-likeness (QED) is 0.905. The van der Waals surface area contributed by atoms with Crippen molar-refractivity contribution < 1.29 is 14.7 Å². The molecule has 2 heterocycles. The van der Waals surface area contributed by atoms with Crippen molar-refractivity contribution in [3.8, 4) is 0 Å². The summed E-state index contributed by atoms with van der Waals surface area (Å²) in [4.78, 5) is 27.2. The molecule has 3 rings (SSSR count). The molecule has 1 N–H and O–H groups in total. The maximum absolute atomic E-state index is 12.4. The summed E-state index contributed by atoms with van der Waals surface area (Å²) in [5, 5.41) is 8.97. The number of carboxylic acid groups (broad SMARTS) is 1. The number of likely N-dealkylation sites (tertiary alicyclic amines) is 1. The first-order valence-corrected chi connectivity index (χ1v) is 7.39. The van der Waals surface area contributed by atoms with Crippen LogP contribution in [0.5, 0.6) is 0 Å². The van der Waals surface area contributed by atoms with Crippen LogP contribution in [0.3, 0.4) is 0 Å². The Morgan fingerprint density at radius 3 is 2.76 bits per heavy atom. The van der Waals surface area contributed by atoms with Gasteiger partial charge in [-0.05, 0) is 24.0 Å². The van der Waals surface area contributed by atoms with Crippen LogP contribution in [-0.2, 0) is 16.0 Å². The van der Waals surface area contributed by atoms with E-state index in [0.29, 0.717) is 19.6 Å². The standard InChI is InChI=1S/C16H20N2O3/c1-11(16(20)21)13-8-17(9-13)10-15(19)18-7-6-12-4-2-3-5-14(12)18/h2-5,11,13H,6-10H2,1H3,(H,20,21). The van der Waals surface area contributed by atoms with Gasteiger partial charge in [0.25, 0.3) is 0 Å². The zero-order valence-electron chi connectivity index (χ0n) is 12.2. The molecule has 1 amide bonds. The molecule has 1 atom stereocenters. The van der Waals surface area contributed by atoms with E-state index in [1.54, 1.807) is 6.92 Å². The van der Waals surface area contributed by atoms with Gasteiger partial charge in [0.05, 0.1) is 12.5 Å². The van der Waals surface area contributed by atoms with Crippen molar-refractivity contribution in [1.29, 1.82) is 0 Å². The molecule has 21 heavy (non-hydrogen) atoms. The molecule has 0 spiro atoms. The molecule has 1 aromatic carbocycles. The third-order valence-corrected chi connectivity index (χ3v) is 4.63. The van der Waals surface area contributed by atoms with E-state index in [2.05, 4.69) is 6.07 Å². The van der Waals surface area contributed by atoms with Gasteiger partial charge in [-0.15, -0.1) is 0 Å². The summed E-state index contributed by atoms with van der Waals surface area (Å²) in [5.74, 6) is -0.800. The van der Waals surface area contributed by atoms with Gasteiger partial charge < -0.3 is 10.0 Å². The van der Waals surface area contributed by atoms with Crippen molar-refractivity contribution in [3.05, 3.63) is 29.8 Å². The Kier molecular flexibility index (Phi) is 3.68. The topological polar surface area (TPSA) is 60.9 Å². The van der Waals surface area contributed by atoms with Crippen LogP contribution in [-0.4, -0.2) is 48.1 Å². The molecule has 1 saturated heterocycles. The minimum absolute atomic E-state index is 0.112. The Hall–Kier alpha value is -1.88. The number of nitrogens with zero attached hydrogens (tertiary/aromatic N) is 2. The fraction of sp³-hybridized carbons (Fsp3) is 0.500. The second kappa shape index (κ2) is 5.48. The number of fused-ring (bicyclic) bond motifs is 1. The van der Waals surface area contributed by atoms with Crippen LogP contribution in [0.1, 0.15) is 12.5 Å². The van der Waals surface area contributed by atoms with Crippen molar-refractivity contribution in [2.24, 2.45) is 11.8 Å². The summed E-state index contributed by atoms with van der Waals surface area (Å²) in [6.07, 6.45) is 0.917. The summed E-state index contributed by atoms with van der Waals surface area (Å²) in [5.41, 5.74) is 2.25. The summed E-state index contributed by atoms with van der Waals surface area (Å²) in [7, 11) is 0. The van der Waals surface area contributed by atoms with E-state index in [9.17, 15) is 9.59 Å². The fourth-order valence-electron chi connectivity index (χ4n) is 3.13.